The number of nitrogens with zero attached hydrogens (tertiary/aromatic N) is 1. The number of amides is 1. The molecule has 6 rings (SSSR count). The van der Waals surface area contributed by atoms with Gasteiger partial charge >= 0.3 is 0 Å². The van der Waals surface area contributed by atoms with Crippen molar-refractivity contribution in [3.63, 3.8) is 0 Å². The van der Waals surface area contributed by atoms with Crippen molar-refractivity contribution in [3.8, 4) is 23.0 Å². The smallest absolute Gasteiger partial charge is 0.291 e. The van der Waals surface area contributed by atoms with E-state index in [2.05, 4.69) is 6.92 Å². The van der Waals surface area contributed by atoms with Crippen molar-refractivity contribution < 1.29 is 32.5 Å². The zero-order valence-electron chi connectivity index (χ0n) is 21.5. The minimum absolute atomic E-state index is 0.0629. The second-order valence-electron chi connectivity index (χ2n) is 9.45. The Morgan fingerprint density at radius 1 is 1.00 bits per heavy atom. The number of methoxy groups -OCH3 is 1. The highest BCUT2D eigenvalue weighted by molar-refractivity contribution is 5.99. The summed E-state index contributed by atoms with van der Waals surface area (Å²) in [5, 5.41) is 0.0722. The number of hydrogen-bond donors (Lipinski definition) is 0. The number of ether oxygens (including phenoxy) is 4. The molecule has 2 aliphatic rings. The first-order valence-corrected chi connectivity index (χ1v) is 12.7. The van der Waals surface area contributed by atoms with Gasteiger partial charge in [0.2, 0.25) is 12.6 Å². The fraction of sp³-hybridized carbons (Fsp3) is 0.267. The number of benzene rings is 3. The molecule has 0 fully saturated rings. The topological polar surface area (TPSA) is 87.4 Å². The molecule has 0 saturated carbocycles. The third kappa shape index (κ3) is 4.33. The highest BCUT2D eigenvalue weighted by atomic mass is 19.1. The summed E-state index contributed by atoms with van der Waals surface area (Å²) in [5.41, 5.74) is 1.25. The first-order chi connectivity index (χ1) is 19.0. The van der Waals surface area contributed by atoms with Crippen LogP contribution in [0.25, 0.3) is 11.0 Å². The van der Waals surface area contributed by atoms with Gasteiger partial charge in [-0.25, -0.2) is 4.39 Å². The van der Waals surface area contributed by atoms with E-state index >= 15 is 0 Å². The van der Waals surface area contributed by atoms with E-state index in [1.807, 2.05) is 12.1 Å². The Hall–Kier alpha value is -4.53. The molecule has 39 heavy (non-hydrogen) atoms. The van der Waals surface area contributed by atoms with Gasteiger partial charge in [0.1, 0.15) is 11.4 Å². The van der Waals surface area contributed by atoms with Crippen molar-refractivity contribution in [1.82, 2.24) is 4.90 Å². The molecular weight excluding hydrogens is 505 g/mol. The summed E-state index contributed by atoms with van der Waals surface area (Å²) in [7, 11) is 1.54. The molecule has 0 N–H and O–H groups in total. The Bertz CT molecular complexity index is 1650. The van der Waals surface area contributed by atoms with Gasteiger partial charge in [-0.3, -0.25) is 9.59 Å². The number of rotatable bonds is 8. The van der Waals surface area contributed by atoms with Crippen molar-refractivity contribution in [2.45, 2.75) is 32.4 Å². The maximum Gasteiger partial charge on any atom is 0.291 e. The summed E-state index contributed by atoms with van der Waals surface area (Å²) in [5.74, 6) is 1.17. The van der Waals surface area contributed by atoms with Crippen LogP contribution in [0.5, 0.6) is 23.0 Å². The molecule has 0 aliphatic carbocycles. The monoisotopic (exact) mass is 531 g/mol. The van der Waals surface area contributed by atoms with Gasteiger partial charge in [0.25, 0.3) is 5.91 Å². The van der Waals surface area contributed by atoms with E-state index in [1.165, 1.54) is 19.2 Å². The van der Waals surface area contributed by atoms with Crippen molar-refractivity contribution in [3.05, 3.63) is 93.1 Å². The number of hydrogen-bond acceptors (Lipinski definition) is 7. The lowest BCUT2D eigenvalue weighted by Gasteiger charge is -2.26. The molecule has 1 amide bonds. The Kier molecular flexibility index (Phi) is 6.34. The van der Waals surface area contributed by atoms with Gasteiger partial charge in [-0.05, 0) is 60.0 Å². The lowest BCUT2D eigenvalue weighted by Crippen LogP contribution is -2.29. The summed E-state index contributed by atoms with van der Waals surface area (Å²) in [6.07, 6.45) is 1.88. The number of carbonyl (C=O) groups is 1. The van der Waals surface area contributed by atoms with Crippen molar-refractivity contribution in [2.75, 3.05) is 20.5 Å². The van der Waals surface area contributed by atoms with E-state index in [1.54, 1.807) is 29.2 Å². The van der Waals surface area contributed by atoms with Gasteiger partial charge in [0, 0.05) is 6.54 Å². The standard InChI is InChI=1S/C30H26FNO7/c1-3-4-11-36-22-9-6-18(13-24(22)35-2)27-26-28(33)20-14-19(31)7-10-21(20)39-29(26)30(34)32(27)15-17-5-8-23-25(12-17)38-16-37-23/h5-10,12-14,27H,3-4,11,15-16H2,1-2H3/t27-/m1/s1. The molecule has 1 aromatic heterocycles. The Balaban J connectivity index is 1.48. The summed E-state index contributed by atoms with van der Waals surface area (Å²) in [4.78, 5) is 29.1. The Morgan fingerprint density at radius 2 is 1.85 bits per heavy atom. The van der Waals surface area contributed by atoms with Crippen LogP contribution in [-0.4, -0.2) is 31.3 Å². The second-order valence-corrected chi connectivity index (χ2v) is 9.45. The third-order valence-corrected chi connectivity index (χ3v) is 6.98. The van der Waals surface area contributed by atoms with E-state index in [9.17, 15) is 14.0 Å². The van der Waals surface area contributed by atoms with Crippen LogP contribution in [0.4, 0.5) is 4.39 Å². The van der Waals surface area contributed by atoms with Crippen LogP contribution in [0.1, 0.15) is 53.1 Å². The Labute approximate surface area is 223 Å². The van der Waals surface area contributed by atoms with E-state index in [0.29, 0.717) is 35.2 Å². The fourth-order valence-corrected chi connectivity index (χ4v) is 5.04. The van der Waals surface area contributed by atoms with Crippen LogP contribution >= 0.6 is 0 Å². The normalized spacial score (nSPS) is 15.6. The molecule has 9 heteroatoms. The Morgan fingerprint density at radius 3 is 2.67 bits per heavy atom. The average Bonchev–Trinajstić information content (AvgIpc) is 3.52. The molecular formula is C30H26FNO7. The average molecular weight is 532 g/mol. The van der Waals surface area contributed by atoms with Crippen LogP contribution in [-0.2, 0) is 6.54 Å². The molecule has 3 heterocycles. The number of carbonyl (C=O) groups excluding carboxylic acids is 1. The predicted molar refractivity (Wildman–Crippen MR) is 140 cm³/mol. The molecule has 8 nitrogen and oxygen atoms in total. The van der Waals surface area contributed by atoms with Gasteiger partial charge < -0.3 is 28.3 Å². The van der Waals surface area contributed by atoms with Crippen LogP contribution in [0.15, 0.2) is 63.8 Å². The van der Waals surface area contributed by atoms with Crippen molar-refractivity contribution >= 4 is 16.9 Å². The van der Waals surface area contributed by atoms with Gasteiger partial charge in [-0.2, -0.15) is 0 Å². The largest absolute Gasteiger partial charge is 0.493 e. The highest BCUT2D eigenvalue weighted by Gasteiger charge is 2.43. The minimum atomic E-state index is -0.805. The molecule has 0 radical (unpaired) electrons. The molecule has 4 aromatic rings. The van der Waals surface area contributed by atoms with Gasteiger partial charge in [0.05, 0.1) is 30.7 Å². The summed E-state index contributed by atoms with van der Waals surface area (Å²) < 4.78 is 42.4. The lowest BCUT2D eigenvalue weighted by atomic mass is 9.97. The SMILES string of the molecule is CCCCOc1ccc([C@@H]2c3c(oc4ccc(F)cc4c3=O)C(=O)N2Cc2ccc3c(c2)OCO3)cc1OC. The summed E-state index contributed by atoms with van der Waals surface area (Å²) in [6, 6.07) is 13.7. The lowest BCUT2D eigenvalue weighted by molar-refractivity contribution is 0.0714. The molecule has 0 unspecified atom stereocenters. The second kappa shape index (κ2) is 9.98. The van der Waals surface area contributed by atoms with Crippen LogP contribution in [0.2, 0.25) is 0 Å². The first-order valence-electron chi connectivity index (χ1n) is 12.7. The molecule has 0 saturated heterocycles. The number of fused-ring (bicyclic) bond motifs is 3. The molecule has 3 aromatic carbocycles. The van der Waals surface area contributed by atoms with Gasteiger partial charge in [-0.1, -0.05) is 25.5 Å². The summed E-state index contributed by atoms with van der Waals surface area (Å²) >= 11 is 0. The van der Waals surface area contributed by atoms with E-state index < -0.39 is 23.2 Å². The van der Waals surface area contributed by atoms with Crippen LogP contribution < -0.4 is 24.4 Å². The van der Waals surface area contributed by atoms with Crippen molar-refractivity contribution in [1.29, 1.82) is 0 Å². The predicted octanol–water partition coefficient (Wildman–Crippen LogP) is 5.59. The molecule has 1 atom stereocenters. The quantitative estimate of drug-likeness (QED) is 0.274. The number of halogens is 1. The maximum absolute atomic E-state index is 14.1. The van der Waals surface area contributed by atoms with Crippen LogP contribution in [0.3, 0.4) is 0 Å². The minimum Gasteiger partial charge on any atom is -0.493 e. The number of unbranched alkanes of at least 4 members (excludes halogenated alkanes) is 1. The first kappa shape index (κ1) is 24.8. The van der Waals surface area contributed by atoms with Crippen molar-refractivity contribution in [2.24, 2.45) is 0 Å². The van der Waals surface area contributed by atoms with Gasteiger partial charge in [0.15, 0.2) is 28.4 Å². The van der Waals surface area contributed by atoms with Crippen LogP contribution in [0, 0.1) is 5.82 Å². The zero-order valence-corrected chi connectivity index (χ0v) is 21.5. The molecule has 2 aliphatic heterocycles. The highest BCUT2D eigenvalue weighted by Crippen LogP contribution is 2.42. The molecule has 200 valence electrons. The van der Waals surface area contributed by atoms with E-state index in [0.717, 1.165) is 24.5 Å². The third-order valence-electron chi connectivity index (χ3n) is 6.98. The van der Waals surface area contributed by atoms with E-state index in [4.69, 9.17) is 23.4 Å². The van der Waals surface area contributed by atoms with E-state index in [-0.39, 0.29) is 35.6 Å². The molecule has 0 spiro atoms. The fourth-order valence-electron chi connectivity index (χ4n) is 5.04. The molecule has 0 bridgehead atoms. The maximum atomic E-state index is 14.1. The zero-order chi connectivity index (χ0) is 27.1. The van der Waals surface area contributed by atoms with Gasteiger partial charge in [-0.15, -0.1) is 0 Å². The summed E-state index contributed by atoms with van der Waals surface area (Å²) in [6.45, 7) is 2.90.